The summed E-state index contributed by atoms with van der Waals surface area (Å²) in [6.07, 6.45) is 4.29. The van der Waals surface area contributed by atoms with Crippen LogP contribution in [0.5, 0.6) is 0 Å². The summed E-state index contributed by atoms with van der Waals surface area (Å²) in [5.74, 6) is -1.49. The number of aliphatic hydroxyl groups excluding tert-OH is 1. The van der Waals surface area contributed by atoms with Crippen molar-refractivity contribution in [1.82, 2.24) is 5.32 Å². The number of aliphatic hydroxyl groups is 2. The van der Waals surface area contributed by atoms with Gasteiger partial charge in [0.25, 0.3) is 0 Å². The zero-order valence-corrected chi connectivity index (χ0v) is 13.8. The fraction of sp³-hybridized carbons (Fsp3) is 0.588. The molecular weight excluding hydrogens is 298 g/mol. The van der Waals surface area contributed by atoms with Gasteiger partial charge in [-0.15, -0.1) is 0 Å². The van der Waals surface area contributed by atoms with Crippen LogP contribution in [-0.4, -0.2) is 39.5 Å². The van der Waals surface area contributed by atoms with Crippen molar-refractivity contribution in [1.29, 1.82) is 0 Å². The lowest BCUT2D eigenvalue weighted by molar-refractivity contribution is -0.135. The van der Waals surface area contributed by atoms with E-state index >= 15 is 0 Å². The van der Waals surface area contributed by atoms with Crippen LogP contribution in [0.25, 0.3) is 0 Å². The molecule has 23 heavy (non-hydrogen) atoms. The lowest BCUT2D eigenvalue weighted by Crippen LogP contribution is -2.40. The Bertz CT molecular complexity index is 517. The molecule has 1 heterocycles. The van der Waals surface area contributed by atoms with Crippen LogP contribution < -0.4 is 5.32 Å². The highest BCUT2D eigenvalue weighted by atomic mass is 16.3. The first-order valence-corrected chi connectivity index (χ1v) is 7.72. The maximum Gasteiger partial charge on any atom is 0.226 e. The molecule has 1 rings (SSSR count). The number of amides is 2. The van der Waals surface area contributed by atoms with Crippen LogP contribution >= 0.6 is 0 Å². The molecule has 0 aromatic rings. The van der Waals surface area contributed by atoms with Crippen molar-refractivity contribution in [2.45, 2.75) is 58.2 Å². The van der Waals surface area contributed by atoms with Gasteiger partial charge in [-0.1, -0.05) is 17.7 Å². The van der Waals surface area contributed by atoms with E-state index < -0.39 is 17.5 Å². The summed E-state index contributed by atoms with van der Waals surface area (Å²) >= 11 is 0. The van der Waals surface area contributed by atoms with E-state index in [2.05, 4.69) is 5.32 Å². The van der Waals surface area contributed by atoms with Crippen molar-refractivity contribution < 1.29 is 24.6 Å². The van der Waals surface area contributed by atoms with Crippen LogP contribution in [-0.2, 0) is 14.4 Å². The number of allylic oxidation sites excluding steroid dienone is 3. The predicted molar refractivity (Wildman–Crippen MR) is 85.3 cm³/mol. The number of hydrogen-bond donors (Lipinski definition) is 3. The van der Waals surface area contributed by atoms with Gasteiger partial charge >= 0.3 is 0 Å². The summed E-state index contributed by atoms with van der Waals surface area (Å²) in [6.45, 7) is 4.98. The van der Waals surface area contributed by atoms with E-state index in [1.807, 2.05) is 6.92 Å². The third-order valence-corrected chi connectivity index (χ3v) is 3.76. The minimum absolute atomic E-state index is 0.160. The van der Waals surface area contributed by atoms with Crippen LogP contribution in [0.2, 0.25) is 0 Å². The Balaban J connectivity index is 2.60. The van der Waals surface area contributed by atoms with Crippen molar-refractivity contribution >= 4 is 17.6 Å². The van der Waals surface area contributed by atoms with Gasteiger partial charge in [-0.2, -0.15) is 0 Å². The first-order chi connectivity index (χ1) is 10.6. The Morgan fingerprint density at radius 2 is 1.96 bits per heavy atom. The highest BCUT2D eigenvalue weighted by Crippen LogP contribution is 2.22. The average Bonchev–Trinajstić information content (AvgIpc) is 2.36. The molecule has 6 heteroatoms. The van der Waals surface area contributed by atoms with Gasteiger partial charge in [-0.05, 0) is 39.2 Å². The quantitative estimate of drug-likeness (QED) is 0.479. The molecule has 0 saturated carbocycles. The molecule has 1 fully saturated rings. The lowest BCUT2D eigenvalue weighted by Gasteiger charge is -2.25. The maximum absolute atomic E-state index is 12.2. The van der Waals surface area contributed by atoms with Gasteiger partial charge in [0, 0.05) is 19.3 Å². The summed E-state index contributed by atoms with van der Waals surface area (Å²) in [5.41, 5.74) is -0.917. The number of ketones is 1. The van der Waals surface area contributed by atoms with Gasteiger partial charge < -0.3 is 10.2 Å². The molecular formula is C17H25NO5. The molecule has 0 aromatic carbocycles. The molecule has 0 bridgehead atoms. The number of carbonyl (C=O) groups excluding carboxylic acids is 3. The summed E-state index contributed by atoms with van der Waals surface area (Å²) < 4.78 is 0. The van der Waals surface area contributed by atoms with Crippen LogP contribution in [0.3, 0.4) is 0 Å². The molecule has 2 amide bonds. The minimum Gasteiger partial charge on any atom is -0.393 e. The number of carbonyl (C=O) groups is 3. The summed E-state index contributed by atoms with van der Waals surface area (Å²) in [4.78, 5) is 34.8. The van der Waals surface area contributed by atoms with E-state index in [0.717, 1.165) is 5.57 Å². The second-order valence-electron chi connectivity index (χ2n) is 6.30. The van der Waals surface area contributed by atoms with Gasteiger partial charge in [-0.25, -0.2) is 0 Å². The maximum atomic E-state index is 12.2. The number of imide groups is 1. The molecule has 0 unspecified atom stereocenters. The van der Waals surface area contributed by atoms with Gasteiger partial charge in [-0.3, -0.25) is 19.7 Å². The Morgan fingerprint density at radius 1 is 1.39 bits per heavy atom. The van der Waals surface area contributed by atoms with E-state index in [0.29, 0.717) is 0 Å². The highest BCUT2D eigenvalue weighted by molar-refractivity contribution is 5.97. The normalized spacial score (nSPS) is 21.2. The standard InChI is InChI=1S/C17H25NO5/c1-4-5-11(2)10-17(3,23)14(20)9-13(19)6-12-7-15(21)18-16(22)8-12/h4-5,10,12-13,19,23H,6-9H2,1-3H3,(H,18,21,22)/b5-4-,11-10+/t13-,17-/m1/s1. The molecule has 0 aliphatic carbocycles. The van der Waals surface area contributed by atoms with Gasteiger partial charge in [0.15, 0.2) is 5.78 Å². The first-order valence-electron chi connectivity index (χ1n) is 7.72. The van der Waals surface area contributed by atoms with Crippen molar-refractivity contribution in [3.63, 3.8) is 0 Å². The molecule has 1 saturated heterocycles. The Morgan fingerprint density at radius 3 is 2.48 bits per heavy atom. The van der Waals surface area contributed by atoms with E-state index in [1.165, 1.54) is 13.0 Å². The van der Waals surface area contributed by atoms with Crippen LogP contribution in [0.15, 0.2) is 23.8 Å². The summed E-state index contributed by atoms with van der Waals surface area (Å²) in [6, 6.07) is 0. The number of Topliss-reactive ketones (excluding diaryl/α,β-unsaturated/α-hetero) is 1. The second kappa shape index (κ2) is 8.17. The number of rotatable bonds is 7. The largest absolute Gasteiger partial charge is 0.393 e. The zero-order valence-electron chi connectivity index (χ0n) is 13.8. The van der Waals surface area contributed by atoms with Crippen LogP contribution in [0.4, 0.5) is 0 Å². The first kappa shape index (κ1) is 19.3. The predicted octanol–water partition coefficient (Wildman–Crippen LogP) is 1.02. The van der Waals surface area contributed by atoms with E-state index in [9.17, 15) is 24.6 Å². The Kier molecular flexibility index (Phi) is 6.84. The fourth-order valence-electron chi connectivity index (χ4n) is 2.74. The molecule has 0 aromatic heterocycles. The molecule has 1 aliphatic heterocycles. The van der Waals surface area contributed by atoms with Crippen LogP contribution in [0, 0.1) is 5.92 Å². The molecule has 128 valence electrons. The Hall–Kier alpha value is -1.79. The summed E-state index contributed by atoms with van der Waals surface area (Å²) in [7, 11) is 0. The van der Waals surface area contributed by atoms with Crippen molar-refractivity contribution in [3.05, 3.63) is 23.8 Å². The lowest BCUT2D eigenvalue weighted by atomic mass is 9.87. The van der Waals surface area contributed by atoms with E-state index in [1.54, 1.807) is 19.1 Å². The molecule has 6 nitrogen and oxygen atoms in total. The monoisotopic (exact) mass is 323 g/mol. The van der Waals surface area contributed by atoms with Gasteiger partial charge in [0.2, 0.25) is 11.8 Å². The Labute approximate surface area is 136 Å². The second-order valence-corrected chi connectivity index (χ2v) is 6.30. The third kappa shape index (κ3) is 6.46. The van der Waals surface area contributed by atoms with E-state index in [4.69, 9.17) is 0 Å². The van der Waals surface area contributed by atoms with Crippen molar-refractivity contribution in [2.24, 2.45) is 5.92 Å². The van der Waals surface area contributed by atoms with E-state index in [-0.39, 0.29) is 43.4 Å². The number of hydrogen-bond acceptors (Lipinski definition) is 5. The fourth-order valence-corrected chi connectivity index (χ4v) is 2.74. The number of piperidine rings is 1. The summed E-state index contributed by atoms with van der Waals surface area (Å²) in [5, 5.41) is 22.5. The third-order valence-electron chi connectivity index (χ3n) is 3.76. The molecule has 0 spiro atoms. The van der Waals surface area contributed by atoms with Crippen LogP contribution in [0.1, 0.15) is 46.5 Å². The molecule has 3 N–H and O–H groups in total. The SMILES string of the molecule is C/C=C\C(C)=C\[C@@](C)(O)C(=O)C[C@H](O)CC1CC(=O)NC(=O)C1. The van der Waals surface area contributed by atoms with Gasteiger partial charge in [0.05, 0.1) is 6.10 Å². The molecule has 1 aliphatic rings. The molecule has 0 radical (unpaired) electrons. The smallest absolute Gasteiger partial charge is 0.226 e. The average molecular weight is 323 g/mol. The zero-order chi connectivity index (χ0) is 17.6. The van der Waals surface area contributed by atoms with Gasteiger partial charge in [0.1, 0.15) is 5.60 Å². The molecule has 2 atom stereocenters. The van der Waals surface area contributed by atoms with Crippen molar-refractivity contribution in [3.8, 4) is 0 Å². The van der Waals surface area contributed by atoms with Crippen molar-refractivity contribution in [2.75, 3.05) is 0 Å². The highest BCUT2D eigenvalue weighted by Gasteiger charge is 2.32. The number of nitrogens with one attached hydrogen (secondary N) is 1. The topological polar surface area (TPSA) is 104 Å². The minimum atomic E-state index is -1.66.